The maximum Gasteiger partial charge on any atom is 0.338 e. The molecule has 2 aromatic carbocycles. The molecule has 0 unspecified atom stereocenters. The number of thiocarbonyl (C=S) groups is 1. The second-order valence-corrected chi connectivity index (χ2v) is 6.94. The van der Waals surface area contributed by atoms with Crippen LogP contribution in [0.5, 0.6) is 11.5 Å². The summed E-state index contributed by atoms with van der Waals surface area (Å²) in [4.78, 5) is 24.6. The number of ether oxygens (including phenoxy) is 3. The van der Waals surface area contributed by atoms with E-state index in [1.807, 2.05) is 20.8 Å². The average Bonchev–Trinajstić information content (AvgIpc) is 2.74. The quantitative estimate of drug-likeness (QED) is 0.315. The molecule has 0 radical (unpaired) electrons. The Morgan fingerprint density at radius 2 is 1.52 bits per heavy atom. The molecule has 0 spiro atoms. The number of hydrogen-bond donors (Lipinski definition) is 2. The van der Waals surface area contributed by atoms with E-state index in [-0.39, 0.29) is 11.1 Å². The van der Waals surface area contributed by atoms with Crippen molar-refractivity contribution < 1.29 is 23.8 Å². The molecule has 1 amide bonds. The molecule has 0 aromatic heterocycles. The van der Waals surface area contributed by atoms with Gasteiger partial charge in [-0.2, -0.15) is 0 Å². The molecule has 31 heavy (non-hydrogen) atoms. The van der Waals surface area contributed by atoms with Crippen molar-refractivity contribution in [3.63, 3.8) is 0 Å². The molecule has 2 N–H and O–H groups in total. The smallest absolute Gasteiger partial charge is 0.338 e. The average molecular weight is 445 g/mol. The van der Waals surface area contributed by atoms with Gasteiger partial charge >= 0.3 is 5.97 Å². The van der Waals surface area contributed by atoms with E-state index in [1.165, 1.54) is 0 Å². The molecular formula is C23H28N2O5S. The van der Waals surface area contributed by atoms with E-state index in [9.17, 15) is 9.59 Å². The third-order valence-electron chi connectivity index (χ3n) is 4.10. The Labute approximate surface area is 188 Å². The molecule has 2 rings (SSSR count). The van der Waals surface area contributed by atoms with Crippen molar-refractivity contribution in [2.24, 2.45) is 0 Å². The van der Waals surface area contributed by atoms with Crippen LogP contribution < -0.4 is 20.1 Å². The van der Waals surface area contributed by atoms with Crippen molar-refractivity contribution in [2.75, 3.05) is 25.1 Å². The van der Waals surface area contributed by atoms with Gasteiger partial charge in [0, 0.05) is 17.3 Å². The lowest BCUT2D eigenvalue weighted by molar-refractivity contribution is 0.0499. The highest BCUT2D eigenvalue weighted by Gasteiger charge is 2.13. The fourth-order valence-electron chi connectivity index (χ4n) is 2.62. The number of nitrogens with one attached hydrogen (secondary N) is 2. The molecule has 0 saturated carbocycles. The number of carbonyl (C=O) groups is 2. The molecule has 8 heteroatoms. The summed E-state index contributed by atoms with van der Waals surface area (Å²) < 4.78 is 16.2. The monoisotopic (exact) mass is 444 g/mol. The number of unbranched alkanes of at least 4 members (excludes halogenated alkanes) is 1. The van der Waals surface area contributed by atoms with Crippen LogP contribution in [0.15, 0.2) is 42.5 Å². The molecular weight excluding hydrogens is 416 g/mol. The van der Waals surface area contributed by atoms with Crippen molar-refractivity contribution in [3.05, 3.63) is 53.6 Å². The number of hydrogen-bond acceptors (Lipinski definition) is 6. The molecule has 0 bridgehead atoms. The first kappa shape index (κ1) is 24.1. The molecule has 0 fully saturated rings. The highest BCUT2D eigenvalue weighted by molar-refractivity contribution is 7.80. The van der Waals surface area contributed by atoms with Crippen LogP contribution >= 0.6 is 12.2 Å². The van der Waals surface area contributed by atoms with E-state index >= 15 is 0 Å². The Bertz CT molecular complexity index is 875. The van der Waals surface area contributed by atoms with Crippen molar-refractivity contribution >= 4 is 34.9 Å². The zero-order chi connectivity index (χ0) is 22.6. The van der Waals surface area contributed by atoms with Gasteiger partial charge in [-0.1, -0.05) is 13.3 Å². The summed E-state index contributed by atoms with van der Waals surface area (Å²) in [6.45, 7) is 7.10. The van der Waals surface area contributed by atoms with Crippen LogP contribution in [0.25, 0.3) is 0 Å². The minimum absolute atomic E-state index is 0.128. The van der Waals surface area contributed by atoms with Gasteiger partial charge < -0.3 is 19.5 Å². The second-order valence-electron chi connectivity index (χ2n) is 6.53. The molecule has 7 nitrogen and oxygen atoms in total. The van der Waals surface area contributed by atoms with E-state index in [4.69, 9.17) is 26.4 Å². The van der Waals surface area contributed by atoms with Gasteiger partial charge in [-0.05, 0) is 68.9 Å². The van der Waals surface area contributed by atoms with Crippen LogP contribution in [-0.2, 0) is 4.74 Å². The summed E-state index contributed by atoms with van der Waals surface area (Å²) in [5.41, 5.74) is 1.45. The first-order valence-corrected chi connectivity index (χ1v) is 10.7. The normalized spacial score (nSPS) is 10.2. The van der Waals surface area contributed by atoms with E-state index in [2.05, 4.69) is 10.6 Å². The van der Waals surface area contributed by atoms with Crippen LogP contribution in [0, 0.1) is 0 Å². The van der Waals surface area contributed by atoms with Crippen molar-refractivity contribution in [3.8, 4) is 11.5 Å². The van der Waals surface area contributed by atoms with Crippen LogP contribution in [0.2, 0.25) is 0 Å². The maximum atomic E-state index is 12.6. The summed E-state index contributed by atoms with van der Waals surface area (Å²) in [6.07, 6.45) is 1.79. The molecule has 166 valence electrons. The minimum atomic E-state index is -0.392. The van der Waals surface area contributed by atoms with Crippen LogP contribution in [-0.4, -0.2) is 36.8 Å². The fourth-order valence-corrected chi connectivity index (χ4v) is 2.83. The highest BCUT2D eigenvalue weighted by atomic mass is 32.1. The third kappa shape index (κ3) is 7.90. The molecule has 2 aromatic rings. The zero-order valence-electron chi connectivity index (χ0n) is 18.0. The first-order chi connectivity index (χ1) is 15.0. The van der Waals surface area contributed by atoms with Gasteiger partial charge in [0.15, 0.2) is 5.11 Å². The lowest BCUT2D eigenvalue weighted by Crippen LogP contribution is -2.34. The Morgan fingerprint density at radius 1 is 0.903 bits per heavy atom. The van der Waals surface area contributed by atoms with Crippen LogP contribution in [0.4, 0.5) is 5.69 Å². The maximum absolute atomic E-state index is 12.6. The molecule has 0 aliphatic carbocycles. The lowest BCUT2D eigenvalue weighted by Gasteiger charge is -2.13. The largest absolute Gasteiger partial charge is 0.494 e. The summed E-state index contributed by atoms with van der Waals surface area (Å²) in [5.74, 6) is 0.323. The van der Waals surface area contributed by atoms with Gasteiger partial charge in [0.1, 0.15) is 11.5 Å². The summed E-state index contributed by atoms with van der Waals surface area (Å²) in [7, 11) is 0. The van der Waals surface area contributed by atoms with E-state index in [0.717, 1.165) is 12.8 Å². The molecule has 0 saturated heterocycles. The Balaban J connectivity index is 1.97. The van der Waals surface area contributed by atoms with Crippen molar-refractivity contribution in [1.82, 2.24) is 5.32 Å². The summed E-state index contributed by atoms with van der Waals surface area (Å²) in [5, 5.41) is 5.69. The first-order valence-electron chi connectivity index (χ1n) is 10.3. The number of anilines is 1. The topological polar surface area (TPSA) is 85.9 Å². The van der Waals surface area contributed by atoms with Crippen molar-refractivity contribution in [1.29, 1.82) is 0 Å². The predicted octanol–water partition coefficient (Wildman–Crippen LogP) is 4.57. The van der Waals surface area contributed by atoms with E-state index < -0.39 is 5.91 Å². The Hall–Kier alpha value is -3.13. The Morgan fingerprint density at radius 3 is 2.06 bits per heavy atom. The number of esters is 1. The van der Waals surface area contributed by atoms with E-state index in [1.54, 1.807) is 42.5 Å². The predicted molar refractivity (Wildman–Crippen MR) is 124 cm³/mol. The summed E-state index contributed by atoms with van der Waals surface area (Å²) >= 11 is 5.24. The number of amides is 1. The Kier molecular flexibility index (Phi) is 9.77. The number of rotatable bonds is 10. The standard InChI is InChI=1S/C23H28N2O5S/c1-4-7-12-30-22(27)16-8-10-18(11-9-16)24-23(31)25-21(26)17-13-19(28-5-2)15-20(14-17)29-6-3/h8-11,13-15H,4-7,12H2,1-3H3,(H2,24,25,26,31). The van der Waals surface area contributed by atoms with E-state index in [0.29, 0.717) is 48.1 Å². The molecule has 0 atom stereocenters. The lowest BCUT2D eigenvalue weighted by atomic mass is 10.2. The van der Waals surface area contributed by atoms with Gasteiger partial charge in [-0.15, -0.1) is 0 Å². The van der Waals surface area contributed by atoms with Crippen LogP contribution in [0.3, 0.4) is 0 Å². The van der Waals surface area contributed by atoms with Crippen LogP contribution in [0.1, 0.15) is 54.3 Å². The summed E-state index contributed by atoms with van der Waals surface area (Å²) in [6, 6.07) is 11.7. The zero-order valence-corrected chi connectivity index (χ0v) is 18.8. The van der Waals surface area contributed by atoms with Gasteiger partial charge in [0.25, 0.3) is 5.91 Å². The van der Waals surface area contributed by atoms with Gasteiger partial charge in [0.2, 0.25) is 0 Å². The minimum Gasteiger partial charge on any atom is -0.494 e. The number of carbonyl (C=O) groups excluding carboxylic acids is 2. The second kappa shape index (κ2) is 12.5. The highest BCUT2D eigenvalue weighted by Crippen LogP contribution is 2.23. The molecule has 0 heterocycles. The molecule has 0 aliphatic heterocycles. The number of benzene rings is 2. The fraction of sp³-hybridized carbons (Fsp3) is 0.348. The SMILES string of the molecule is CCCCOC(=O)c1ccc(NC(=S)NC(=O)c2cc(OCC)cc(OCC)c2)cc1. The van der Waals surface area contributed by atoms with Gasteiger partial charge in [-0.25, -0.2) is 4.79 Å². The molecule has 0 aliphatic rings. The third-order valence-corrected chi connectivity index (χ3v) is 4.30. The van der Waals surface area contributed by atoms with Gasteiger partial charge in [-0.3, -0.25) is 10.1 Å². The van der Waals surface area contributed by atoms with Crippen molar-refractivity contribution in [2.45, 2.75) is 33.6 Å². The van der Waals surface area contributed by atoms with Gasteiger partial charge in [0.05, 0.1) is 25.4 Å².